The van der Waals surface area contributed by atoms with Gasteiger partial charge in [0.2, 0.25) is 5.95 Å². The minimum Gasteiger partial charge on any atom is -0.497 e. The maximum absolute atomic E-state index is 11.7. The van der Waals surface area contributed by atoms with Gasteiger partial charge < -0.3 is 20.1 Å². The minimum absolute atomic E-state index is 0.342. The van der Waals surface area contributed by atoms with Gasteiger partial charge in [-0.05, 0) is 50.2 Å². The zero-order valence-corrected chi connectivity index (χ0v) is 16.0. The van der Waals surface area contributed by atoms with E-state index in [2.05, 4.69) is 20.6 Å². The number of anilines is 4. The molecule has 28 heavy (non-hydrogen) atoms. The van der Waals surface area contributed by atoms with Crippen LogP contribution in [0.3, 0.4) is 0 Å². The van der Waals surface area contributed by atoms with Crippen LogP contribution in [0.25, 0.3) is 0 Å². The summed E-state index contributed by atoms with van der Waals surface area (Å²) in [7, 11) is 1.63. The molecule has 2 N–H and O–H groups in total. The van der Waals surface area contributed by atoms with Crippen LogP contribution >= 0.6 is 0 Å². The smallest absolute Gasteiger partial charge is 0.338 e. The van der Waals surface area contributed by atoms with Crippen molar-refractivity contribution >= 4 is 29.1 Å². The molecule has 0 atom stereocenters. The van der Waals surface area contributed by atoms with Crippen molar-refractivity contribution in [3.05, 3.63) is 65.9 Å². The lowest BCUT2D eigenvalue weighted by Crippen LogP contribution is -2.05. The van der Waals surface area contributed by atoms with Gasteiger partial charge in [0.25, 0.3) is 0 Å². The number of aromatic nitrogens is 2. The molecule has 0 aliphatic rings. The van der Waals surface area contributed by atoms with Crippen molar-refractivity contribution in [1.82, 2.24) is 9.97 Å². The van der Waals surface area contributed by atoms with E-state index in [1.807, 2.05) is 37.3 Å². The number of nitrogens with zero attached hydrogens (tertiary/aromatic N) is 2. The van der Waals surface area contributed by atoms with Gasteiger partial charge in [-0.1, -0.05) is 6.07 Å². The molecule has 144 valence electrons. The summed E-state index contributed by atoms with van der Waals surface area (Å²) in [6.45, 7) is 4.02. The van der Waals surface area contributed by atoms with Crippen molar-refractivity contribution in [3.63, 3.8) is 0 Å². The number of nitrogens with one attached hydrogen (secondary N) is 2. The van der Waals surface area contributed by atoms with E-state index in [1.54, 1.807) is 38.3 Å². The van der Waals surface area contributed by atoms with Crippen LogP contribution in [0.1, 0.15) is 23.0 Å². The maximum atomic E-state index is 11.7. The first kappa shape index (κ1) is 19.2. The third-order valence-corrected chi connectivity index (χ3v) is 3.85. The van der Waals surface area contributed by atoms with Gasteiger partial charge in [0.05, 0.1) is 19.3 Å². The zero-order valence-electron chi connectivity index (χ0n) is 16.0. The van der Waals surface area contributed by atoms with Gasteiger partial charge in [0.15, 0.2) is 0 Å². The predicted molar refractivity (Wildman–Crippen MR) is 109 cm³/mol. The summed E-state index contributed by atoms with van der Waals surface area (Å²) < 4.78 is 10.2. The number of carbonyl (C=O) groups excluding carboxylic acids is 1. The lowest BCUT2D eigenvalue weighted by Gasteiger charge is -2.11. The van der Waals surface area contributed by atoms with E-state index in [0.29, 0.717) is 23.9 Å². The second-order valence-corrected chi connectivity index (χ2v) is 6.00. The van der Waals surface area contributed by atoms with Crippen LogP contribution in [-0.2, 0) is 4.74 Å². The molecule has 0 amide bonds. The van der Waals surface area contributed by atoms with E-state index in [-0.39, 0.29) is 5.97 Å². The third kappa shape index (κ3) is 4.97. The van der Waals surface area contributed by atoms with E-state index in [1.165, 1.54) is 0 Å². The number of ether oxygens (including phenoxy) is 2. The van der Waals surface area contributed by atoms with Crippen LogP contribution < -0.4 is 15.4 Å². The highest BCUT2D eigenvalue weighted by atomic mass is 16.5. The second kappa shape index (κ2) is 8.85. The molecule has 0 saturated heterocycles. The van der Waals surface area contributed by atoms with Gasteiger partial charge in [-0.3, -0.25) is 0 Å². The van der Waals surface area contributed by atoms with Gasteiger partial charge in [-0.15, -0.1) is 0 Å². The Balaban J connectivity index is 1.75. The molecule has 0 aliphatic carbocycles. The average molecular weight is 378 g/mol. The first-order valence-corrected chi connectivity index (χ1v) is 8.88. The Morgan fingerprint density at radius 1 is 1.00 bits per heavy atom. The molecule has 0 unspecified atom stereocenters. The Morgan fingerprint density at radius 3 is 2.50 bits per heavy atom. The van der Waals surface area contributed by atoms with Gasteiger partial charge >= 0.3 is 5.97 Å². The number of benzene rings is 2. The number of rotatable bonds is 7. The summed E-state index contributed by atoms with van der Waals surface area (Å²) in [5, 5.41) is 6.40. The lowest BCUT2D eigenvalue weighted by atomic mass is 10.2. The number of hydrogen-bond donors (Lipinski definition) is 2. The minimum atomic E-state index is -0.342. The number of hydrogen-bond acceptors (Lipinski definition) is 7. The molecule has 1 heterocycles. The number of carbonyl (C=O) groups is 1. The summed E-state index contributed by atoms with van der Waals surface area (Å²) in [5.41, 5.74) is 2.94. The lowest BCUT2D eigenvalue weighted by molar-refractivity contribution is 0.0526. The highest BCUT2D eigenvalue weighted by molar-refractivity contribution is 5.89. The van der Waals surface area contributed by atoms with Crippen molar-refractivity contribution in [2.75, 3.05) is 24.4 Å². The van der Waals surface area contributed by atoms with Crippen LogP contribution in [0.4, 0.5) is 23.1 Å². The normalized spacial score (nSPS) is 10.2. The molecule has 0 aliphatic heterocycles. The Kier molecular flexibility index (Phi) is 6.06. The molecule has 7 nitrogen and oxygen atoms in total. The standard InChI is InChI=1S/C21H22N4O3/c1-4-28-20(26)15-8-10-16(11-9-15)24-21-22-14(2)12-19(25-21)23-17-6-5-7-18(13-17)27-3/h5-13H,4H2,1-3H3,(H2,22,23,24,25). The second-order valence-electron chi connectivity index (χ2n) is 6.00. The van der Waals surface area contributed by atoms with Crippen LogP contribution in [0.5, 0.6) is 5.75 Å². The van der Waals surface area contributed by atoms with E-state index >= 15 is 0 Å². The van der Waals surface area contributed by atoms with Gasteiger partial charge in [-0.2, -0.15) is 4.98 Å². The number of methoxy groups -OCH3 is 1. The van der Waals surface area contributed by atoms with Crippen molar-refractivity contribution in [2.24, 2.45) is 0 Å². The monoisotopic (exact) mass is 378 g/mol. The molecule has 1 aromatic heterocycles. The molecular weight excluding hydrogens is 356 g/mol. The maximum Gasteiger partial charge on any atom is 0.338 e. The molecule has 0 saturated carbocycles. The van der Waals surface area contributed by atoms with Crippen LogP contribution in [-0.4, -0.2) is 29.7 Å². The molecule has 0 spiro atoms. The summed E-state index contributed by atoms with van der Waals surface area (Å²) in [5.74, 6) is 1.53. The van der Waals surface area contributed by atoms with Crippen LogP contribution in [0, 0.1) is 6.92 Å². The highest BCUT2D eigenvalue weighted by Crippen LogP contribution is 2.22. The average Bonchev–Trinajstić information content (AvgIpc) is 2.68. The highest BCUT2D eigenvalue weighted by Gasteiger charge is 2.07. The van der Waals surface area contributed by atoms with Crippen LogP contribution in [0.15, 0.2) is 54.6 Å². The SMILES string of the molecule is CCOC(=O)c1ccc(Nc2nc(C)cc(Nc3cccc(OC)c3)n2)cc1. The number of aryl methyl sites for hydroxylation is 1. The van der Waals surface area contributed by atoms with Gasteiger partial charge in [-0.25, -0.2) is 9.78 Å². The molecule has 0 bridgehead atoms. The fraction of sp³-hybridized carbons (Fsp3) is 0.190. The Hall–Kier alpha value is -3.61. The molecule has 3 aromatic rings. The first-order valence-electron chi connectivity index (χ1n) is 8.88. The van der Waals surface area contributed by atoms with Crippen molar-refractivity contribution in [1.29, 1.82) is 0 Å². The van der Waals surface area contributed by atoms with Crippen molar-refractivity contribution in [3.8, 4) is 5.75 Å². The predicted octanol–water partition coefficient (Wildman–Crippen LogP) is 4.46. The molecule has 2 aromatic carbocycles. The fourth-order valence-electron chi connectivity index (χ4n) is 2.57. The summed E-state index contributed by atoms with van der Waals surface area (Å²) in [6, 6.07) is 16.4. The van der Waals surface area contributed by atoms with E-state index in [0.717, 1.165) is 22.8 Å². The van der Waals surface area contributed by atoms with Gasteiger partial charge in [0.1, 0.15) is 11.6 Å². The van der Waals surface area contributed by atoms with Crippen molar-refractivity contribution in [2.45, 2.75) is 13.8 Å². The zero-order chi connectivity index (χ0) is 19.9. The topological polar surface area (TPSA) is 85.4 Å². The molecule has 7 heteroatoms. The molecule has 0 radical (unpaired) electrons. The largest absolute Gasteiger partial charge is 0.497 e. The van der Waals surface area contributed by atoms with E-state index < -0.39 is 0 Å². The summed E-state index contributed by atoms with van der Waals surface area (Å²) in [6.07, 6.45) is 0. The van der Waals surface area contributed by atoms with Crippen molar-refractivity contribution < 1.29 is 14.3 Å². The van der Waals surface area contributed by atoms with Gasteiger partial charge in [0, 0.05) is 29.2 Å². The van der Waals surface area contributed by atoms with Crippen LogP contribution in [0.2, 0.25) is 0 Å². The first-order chi connectivity index (χ1) is 13.6. The third-order valence-electron chi connectivity index (χ3n) is 3.85. The quantitative estimate of drug-likeness (QED) is 0.587. The Labute approximate surface area is 163 Å². The Bertz CT molecular complexity index is 958. The molecular formula is C21H22N4O3. The molecule has 3 rings (SSSR count). The summed E-state index contributed by atoms with van der Waals surface area (Å²) in [4.78, 5) is 20.7. The molecule has 0 fully saturated rings. The fourth-order valence-corrected chi connectivity index (χ4v) is 2.57. The van der Waals surface area contributed by atoms with E-state index in [4.69, 9.17) is 9.47 Å². The Morgan fingerprint density at radius 2 is 1.79 bits per heavy atom. The summed E-state index contributed by atoms with van der Waals surface area (Å²) >= 11 is 0. The van der Waals surface area contributed by atoms with E-state index in [9.17, 15) is 4.79 Å². The number of esters is 1.